The van der Waals surface area contributed by atoms with E-state index in [1.807, 2.05) is 0 Å². The summed E-state index contributed by atoms with van der Waals surface area (Å²) in [5.74, 6) is 0.461. The standard InChI is InChI=1S/C17H23NO/c1-2-3-4-13-5-7-14(8-6-13)18-15-9-10-16(18)12-17(19)11-15/h5-8,15-16H,2-4,9-12H2,1H3. The van der Waals surface area contributed by atoms with Gasteiger partial charge in [0.1, 0.15) is 5.78 Å². The number of hydrogen-bond donors (Lipinski definition) is 0. The summed E-state index contributed by atoms with van der Waals surface area (Å²) in [6.45, 7) is 2.23. The minimum atomic E-state index is 0.461. The van der Waals surface area contributed by atoms with Crippen LogP contribution in [0.1, 0.15) is 51.0 Å². The van der Waals surface area contributed by atoms with E-state index in [1.165, 1.54) is 43.4 Å². The van der Waals surface area contributed by atoms with Gasteiger partial charge in [-0.3, -0.25) is 4.79 Å². The van der Waals surface area contributed by atoms with Gasteiger partial charge in [0.2, 0.25) is 0 Å². The van der Waals surface area contributed by atoms with E-state index in [1.54, 1.807) is 0 Å². The van der Waals surface area contributed by atoms with Gasteiger partial charge in [0.25, 0.3) is 0 Å². The van der Waals surface area contributed by atoms with Crippen LogP contribution in [0, 0.1) is 0 Å². The number of piperidine rings is 1. The van der Waals surface area contributed by atoms with Crippen LogP contribution in [0.3, 0.4) is 0 Å². The van der Waals surface area contributed by atoms with E-state index in [9.17, 15) is 4.79 Å². The molecule has 2 bridgehead atoms. The van der Waals surface area contributed by atoms with Crippen LogP contribution in [0.5, 0.6) is 0 Å². The predicted octanol–water partition coefficient (Wildman–Crippen LogP) is 3.73. The highest BCUT2D eigenvalue weighted by Gasteiger charge is 2.39. The Hall–Kier alpha value is -1.31. The van der Waals surface area contributed by atoms with Crippen molar-refractivity contribution in [1.82, 2.24) is 0 Å². The van der Waals surface area contributed by atoms with E-state index in [-0.39, 0.29) is 0 Å². The van der Waals surface area contributed by atoms with Crippen LogP contribution in [-0.4, -0.2) is 17.9 Å². The molecule has 0 spiro atoms. The summed E-state index contributed by atoms with van der Waals surface area (Å²) < 4.78 is 0. The molecule has 2 heteroatoms. The van der Waals surface area contributed by atoms with Crippen LogP contribution in [0.25, 0.3) is 0 Å². The van der Waals surface area contributed by atoms with E-state index in [0.29, 0.717) is 17.9 Å². The van der Waals surface area contributed by atoms with Crippen LogP contribution in [0.15, 0.2) is 24.3 Å². The smallest absolute Gasteiger partial charge is 0.137 e. The monoisotopic (exact) mass is 257 g/mol. The highest BCUT2D eigenvalue weighted by molar-refractivity contribution is 5.83. The molecule has 19 heavy (non-hydrogen) atoms. The van der Waals surface area contributed by atoms with Crippen molar-refractivity contribution in [3.8, 4) is 0 Å². The second-order valence-corrected chi connectivity index (χ2v) is 6.01. The largest absolute Gasteiger partial charge is 0.365 e. The lowest BCUT2D eigenvalue weighted by molar-refractivity contribution is -0.120. The number of benzene rings is 1. The van der Waals surface area contributed by atoms with Crippen molar-refractivity contribution >= 4 is 11.5 Å². The molecule has 2 heterocycles. The molecular formula is C17H23NO. The Labute approximate surface area is 115 Å². The summed E-state index contributed by atoms with van der Waals surface area (Å²) in [5.41, 5.74) is 2.76. The van der Waals surface area contributed by atoms with Crippen LogP contribution in [0.4, 0.5) is 5.69 Å². The van der Waals surface area contributed by atoms with Crippen LogP contribution < -0.4 is 4.90 Å². The number of hydrogen-bond acceptors (Lipinski definition) is 2. The van der Waals surface area contributed by atoms with E-state index in [2.05, 4.69) is 36.1 Å². The minimum absolute atomic E-state index is 0.461. The number of anilines is 1. The average molecular weight is 257 g/mol. The molecule has 0 radical (unpaired) electrons. The molecule has 2 atom stereocenters. The Kier molecular flexibility index (Phi) is 3.58. The summed E-state index contributed by atoms with van der Waals surface area (Å²) in [6, 6.07) is 9.97. The van der Waals surface area contributed by atoms with Gasteiger partial charge in [-0.05, 0) is 43.4 Å². The molecule has 2 nitrogen and oxygen atoms in total. The maximum Gasteiger partial charge on any atom is 0.137 e. The first-order chi connectivity index (χ1) is 9.28. The molecule has 0 saturated carbocycles. The van der Waals surface area contributed by atoms with Crippen molar-refractivity contribution in [3.63, 3.8) is 0 Å². The first-order valence-electron chi connectivity index (χ1n) is 7.67. The molecule has 0 amide bonds. The van der Waals surface area contributed by atoms with Crippen molar-refractivity contribution in [2.75, 3.05) is 4.90 Å². The topological polar surface area (TPSA) is 20.3 Å². The highest BCUT2D eigenvalue weighted by atomic mass is 16.1. The molecule has 2 fully saturated rings. The van der Waals surface area contributed by atoms with Gasteiger partial charge in [0.05, 0.1) is 0 Å². The second kappa shape index (κ2) is 5.36. The first-order valence-corrected chi connectivity index (χ1v) is 7.67. The fourth-order valence-electron chi connectivity index (χ4n) is 3.61. The zero-order valence-corrected chi connectivity index (χ0v) is 11.8. The lowest BCUT2D eigenvalue weighted by Crippen LogP contribution is -2.43. The molecule has 0 aliphatic carbocycles. The second-order valence-electron chi connectivity index (χ2n) is 6.01. The zero-order valence-electron chi connectivity index (χ0n) is 11.8. The number of rotatable bonds is 4. The van der Waals surface area contributed by atoms with Crippen LogP contribution >= 0.6 is 0 Å². The molecule has 2 aliphatic rings. The molecular weight excluding hydrogens is 234 g/mol. The molecule has 2 unspecified atom stereocenters. The number of carbonyl (C=O) groups excluding carboxylic acids is 1. The highest BCUT2D eigenvalue weighted by Crippen LogP contribution is 2.37. The third kappa shape index (κ3) is 2.54. The number of carbonyl (C=O) groups is 1. The molecule has 1 aromatic rings. The molecule has 1 aromatic carbocycles. The van der Waals surface area contributed by atoms with Gasteiger partial charge in [0, 0.05) is 30.6 Å². The molecule has 3 rings (SSSR count). The maximum absolute atomic E-state index is 11.6. The Morgan fingerprint density at radius 2 is 1.74 bits per heavy atom. The number of Topliss-reactive ketones (excluding diaryl/α,β-unsaturated/α-hetero) is 1. The Bertz CT molecular complexity index is 435. The van der Waals surface area contributed by atoms with Crippen molar-refractivity contribution in [2.45, 2.75) is 64.0 Å². The molecule has 0 aromatic heterocycles. The maximum atomic E-state index is 11.6. The van der Waals surface area contributed by atoms with Gasteiger partial charge in [0.15, 0.2) is 0 Å². The van der Waals surface area contributed by atoms with Gasteiger partial charge >= 0.3 is 0 Å². The lowest BCUT2D eigenvalue weighted by Gasteiger charge is -2.36. The van der Waals surface area contributed by atoms with Gasteiger partial charge in [-0.25, -0.2) is 0 Å². The molecule has 2 saturated heterocycles. The first kappa shape index (κ1) is 12.7. The zero-order chi connectivity index (χ0) is 13.2. The summed E-state index contributed by atoms with van der Waals surface area (Å²) in [7, 11) is 0. The molecule has 2 aliphatic heterocycles. The van der Waals surface area contributed by atoms with Gasteiger partial charge in [-0.1, -0.05) is 25.5 Å². The minimum Gasteiger partial charge on any atom is -0.365 e. The van der Waals surface area contributed by atoms with Gasteiger partial charge in [-0.2, -0.15) is 0 Å². The quantitative estimate of drug-likeness (QED) is 0.819. The average Bonchev–Trinajstić information content (AvgIpc) is 2.69. The summed E-state index contributed by atoms with van der Waals surface area (Å²) in [6.07, 6.45) is 7.59. The van der Waals surface area contributed by atoms with Crippen molar-refractivity contribution < 1.29 is 4.79 Å². The van der Waals surface area contributed by atoms with E-state index in [0.717, 1.165) is 12.8 Å². The SMILES string of the molecule is CCCCc1ccc(N2C3CCC2CC(=O)C3)cc1. The Morgan fingerprint density at radius 3 is 2.32 bits per heavy atom. The van der Waals surface area contributed by atoms with Crippen LogP contribution in [-0.2, 0) is 11.2 Å². The third-order valence-electron chi connectivity index (χ3n) is 4.60. The Morgan fingerprint density at radius 1 is 1.11 bits per heavy atom. The number of aryl methyl sites for hydroxylation is 1. The summed E-state index contributed by atoms with van der Waals surface area (Å²) in [4.78, 5) is 14.2. The van der Waals surface area contributed by atoms with E-state index >= 15 is 0 Å². The Balaban J connectivity index is 1.74. The summed E-state index contributed by atoms with van der Waals surface area (Å²) in [5, 5.41) is 0. The van der Waals surface area contributed by atoms with E-state index < -0.39 is 0 Å². The molecule has 0 N–H and O–H groups in total. The number of nitrogens with zero attached hydrogens (tertiary/aromatic N) is 1. The van der Waals surface area contributed by atoms with Crippen molar-refractivity contribution in [2.24, 2.45) is 0 Å². The van der Waals surface area contributed by atoms with Gasteiger partial charge in [-0.15, -0.1) is 0 Å². The fourth-order valence-corrected chi connectivity index (χ4v) is 3.61. The van der Waals surface area contributed by atoms with E-state index in [4.69, 9.17) is 0 Å². The molecule has 102 valence electrons. The number of fused-ring (bicyclic) bond motifs is 2. The third-order valence-corrected chi connectivity index (χ3v) is 4.60. The van der Waals surface area contributed by atoms with Crippen LogP contribution in [0.2, 0.25) is 0 Å². The summed E-state index contributed by atoms with van der Waals surface area (Å²) >= 11 is 0. The van der Waals surface area contributed by atoms with Gasteiger partial charge < -0.3 is 4.90 Å². The number of unbranched alkanes of at least 4 members (excludes halogenated alkanes) is 1. The fraction of sp³-hybridized carbons (Fsp3) is 0.588. The normalized spacial score (nSPS) is 25.9. The predicted molar refractivity (Wildman–Crippen MR) is 78.6 cm³/mol. The van der Waals surface area contributed by atoms with Crippen molar-refractivity contribution in [1.29, 1.82) is 0 Å². The number of ketones is 1. The van der Waals surface area contributed by atoms with Crippen molar-refractivity contribution in [3.05, 3.63) is 29.8 Å². The lowest BCUT2D eigenvalue weighted by atomic mass is 10.00.